The van der Waals surface area contributed by atoms with Gasteiger partial charge >= 0.3 is 0 Å². The molecular weight excluding hydrogens is 260 g/mol. The highest BCUT2D eigenvalue weighted by Crippen LogP contribution is 2.25. The fourth-order valence-corrected chi connectivity index (χ4v) is 2.41. The first kappa shape index (κ1) is 15.5. The summed E-state index contributed by atoms with van der Waals surface area (Å²) in [4.78, 5) is 4.02. The SMILES string of the molecule is CCCNCc1cc(C)c(OCc2ccncc2)c(C)c1. The highest BCUT2D eigenvalue weighted by atomic mass is 16.5. The van der Waals surface area contributed by atoms with Gasteiger partial charge in [0.05, 0.1) is 0 Å². The van der Waals surface area contributed by atoms with E-state index in [4.69, 9.17) is 4.74 Å². The van der Waals surface area contributed by atoms with Gasteiger partial charge in [-0.25, -0.2) is 0 Å². The lowest BCUT2D eigenvalue weighted by Crippen LogP contribution is -2.14. The van der Waals surface area contributed by atoms with Crippen LogP contribution in [0.1, 0.15) is 35.6 Å². The van der Waals surface area contributed by atoms with Gasteiger partial charge in [0, 0.05) is 18.9 Å². The van der Waals surface area contributed by atoms with Gasteiger partial charge in [-0.1, -0.05) is 19.1 Å². The number of ether oxygens (including phenoxy) is 1. The molecule has 1 N–H and O–H groups in total. The Kier molecular flexibility index (Phi) is 5.76. The second kappa shape index (κ2) is 7.79. The minimum atomic E-state index is 0.581. The molecule has 0 unspecified atom stereocenters. The Morgan fingerprint density at radius 3 is 2.33 bits per heavy atom. The molecule has 2 aromatic rings. The van der Waals surface area contributed by atoms with Crippen molar-refractivity contribution in [3.8, 4) is 5.75 Å². The molecule has 0 saturated heterocycles. The largest absolute Gasteiger partial charge is 0.488 e. The fraction of sp³-hybridized carbons (Fsp3) is 0.389. The number of aryl methyl sites for hydroxylation is 2. The first-order valence-electron chi connectivity index (χ1n) is 7.53. The maximum atomic E-state index is 5.99. The van der Waals surface area contributed by atoms with Gasteiger partial charge in [0.15, 0.2) is 0 Å². The Morgan fingerprint density at radius 1 is 1.05 bits per heavy atom. The molecule has 0 aliphatic carbocycles. The van der Waals surface area contributed by atoms with E-state index in [0.29, 0.717) is 6.61 Å². The molecule has 0 aliphatic heterocycles. The van der Waals surface area contributed by atoms with Gasteiger partial charge in [-0.15, -0.1) is 0 Å². The molecule has 0 spiro atoms. The molecule has 3 nitrogen and oxygen atoms in total. The van der Waals surface area contributed by atoms with Crippen molar-refractivity contribution >= 4 is 0 Å². The van der Waals surface area contributed by atoms with E-state index >= 15 is 0 Å². The third kappa shape index (κ3) is 4.57. The van der Waals surface area contributed by atoms with Gasteiger partial charge in [0.25, 0.3) is 0 Å². The zero-order valence-corrected chi connectivity index (χ0v) is 13.1. The lowest BCUT2D eigenvalue weighted by atomic mass is 10.1. The number of aromatic nitrogens is 1. The van der Waals surface area contributed by atoms with Crippen LogP contribution in [0, 0.1) is 13.8 Å². The first-order valence-corrected chi connectivity index (χ1v) is 7.53. The summed E-state index contributed by atoms with van der Waals surface area (Å²) in [5.74, 6) is 0.992. The van der Waals surface area contributed by atoms with E-state index < -0.39 is 0 Å². The van der Waals surface area contributed by atoms with Crippen molar-refractivity contribution in [1.82, 2.24) is 10.3 Å². The summed E-state index contributed by atoms with van der Waals surface area (Å²) in [6.45, 7) is 8.95. The predicted octanol–water partition coefficient (Wildman–Crippen LogP) is 3.78. The average Bonchev–Trinajstić information content (AvgIpc) is 2.48. The minimum Gasteiger partial charge on any atom is -0.488 e. The highest BCUT2D eigenvalue weighted by Gasteiger charge is 2.07. The summed E-state index contributed by atoms with van der Waals surface area (Å²) >= 11 is 0. The van der Waals surface area contributed by atoms with E-state index in [1.807, 2.05) is 12.1 Å². The van der Waals surface area contributed by atoms with Crippen LogP contribution in [0.5, 0.6) is 5.75 Å². The number of hydrogen-bond acceptors (Lipinski definition) is 3. The number of pyridine rings is 1. The van der Waals surface area contributed by atoms with E-state index in [0.717, 1.165) is 30.8 Å². The van der Waals surface area contributed by atoms with Crippen molar-refractivity contribution in [3.63, 3.8) is 0 Å². The Bertz CT molecular complexity index is 544. The van der Waals surface area contributed by atoms with Crippen LogP contribution in [0.25, 0.3) is 0 Å². The molecule has 21 heavy (non-hydrogen) atoms. The van der Waals surface area contributed by atoms with Crippen molar-refractivity contribution in [3.05, 3.63) is 58.9 Å². The highest BCUT2D eigenvalue weighted by molar-refractivity contribution is 5.43. The van der Waals surface area contributed by atoms with E-state index in [1.165, 1.54) is 16.7 Å². The Hall–Kier alpha value is -1.87. The molecule has 1 aromatic heterocycles. The van der Waals surface area contributed by atoms with Crippen LogP contribution >= 0.6 is 0 Å². The molecule has 0 amide bonds. The lowest BCUT2D eigenvalue weighted by Gasteiger charge is -2.14. The number of rotatable bonds is 7. The van der Waals surface area contributed by atoms with Gasteiger partial charge in [0.2, 0.25) is 0 Å². The van der Waals surface area contributed by atoms with Gasteiger partial charge in [-0.3, -0.25) is 4.98 Å². The summed E-state index contributed by atoms with van der Waals surface area (Å²) in [7, 11) is 0. The predicted molar refractivity (Wildman–Crippen MR) is 86.5 cm³/mol. The van der Waals surface area contributed by atoms with Crippen LogP contribution in [0.3, 0.4) is 0 Å². The summed E-state index contributed by atoms with van der Waals surface area (Å²) in [6, 6.07) is 8.37. The fourth-order valence-electron chi connectivity index (χ4n) is 2.41. The molecule has 112 valence electrons. The molecular formula is C18H24N2O. The summed E-state index contributed by atoms with van der Waals surface area (Å²) < 4.78 is 5.99. The van der Waals surface area contributed by atoms with Crippen molar-refractivity contribution in [1.29, 1.82) is 0 Å². The Morgan fingerprint density at radius 2 is 1.71 bits per heavy atom. The van der Waals surface area contributed by atoms with E-state index in [-0.39, 0.29) is 0 Å². The molecule has 3 heteroatoms. The van der Waals surface area contributed by atoms with E-state index in [9.17, 15) is 0 Å². The van der Waals surface area contributed by atoms with E-state index in [1.54, 1.807) is 12.4 Å². The lowest BCUT2D eigenvalue weighted by molar-refractivity contribution is 0.301. The Balaban J connectivity index is 2.03. The van der Waals surface area contributed by atoms with Gasteiger partial charge in [-0.2, -0.15) is 0 Å². The molecule has 1 aromatic carbocycles. The van der Waals surface area contributed by atoms with Crippen LogP contribution in [-0.4, -0.2) is 11.5 Å². The minimum absolute atomic E-state index is 0.581. The standard InChI is InChI=1S/C18H24N2O/c1-4-7-20-12-17-10-14(2)18(15(3)11-17)21-13-16-5-8-19-9-6-16/h5-6,8-11,20H,4,7,12-13H2,1-3H3. The van der Waals surface area contributed by atoms with Crippen LogP contribution in [0.2, 0.25) is 0 Å². The summed E-state index contributed by atoms with van der Waals surface area (Å²) in [5, 5.41) is 3.44. The maximum absolute atomic E-state index is 5.99. The molecule has 0 fully saturated rings. The second-order valence-electron chi connectivity index (χ2n) is 5.38. The van der Waals surface area contributed by atoms with Crippen LogP contribution in [-0.2, 0) is 13.2 Å². The normalized spacial score (nSPS) is 10.6. The van der Waals surface area contributed by atoms with Crippen LogP contribution < -0.4 is 10.1 Å². The smallest absolute Gasteiger partial charge is 0.125 e. The number of benzene rings is 1. The summed E-state index contributed by atoms with van der Waals surface area (Å²) in [5.41, 5.74) is 4.84. The van der Waals surface area contributed by atoms with Crippen LogP contribution in [0.4, 0.5) is 0 Å². The first-order chi connectivity index (χ1) is 10.2. The van der Waals surface area contributed by atoms with Gasteiger partial charge < -0.3 is 10.1 Å². The molecule has 0 aliphatic rings. The second-order valence-corrected chi connectivity index (χ2v) is 5.38. The number of nitrogens with zero attached hydrogens (tertiary/aromatic N) is 1. The molecule has 0 bridgehead atoms. The van der Waals surface area contributed by atoms with Crippen molar-refractivity contribution < 1.29 is 4.74 Å². The zero-order valence-electron chi connectivity index (χ0n) is 13.1. The third-order valence-corrected chi connectivity index (χ3v) is 3.41. The molecule has 1 heterocycles. The van der Waals surface area contributed by atoms with Gasteiger partial charge in [-0.05, 0) is 61.2 Å². The molecule has 0 saturated carbocycles. The van der Waals surface area contributed by atoms with Gasteiger partial charge in [0.1, 0.15) is 12.4 Å². The molecule has 2 rings (SSSR count). The number of hydrogen-bond donors (Lipinski definition) is 1. The summed E-state index contributed by atoms with van der Waals surface area (Å²) in [6.07, 6.45) is 4.74. The monoisotopic (exact) mass is 284 g/mol. The van der Waals surface area contributed by atoms with Crippen molar-refractivity contribution in [2.24, 2.45) is 0 Å². The topological polar surface area (TPSA) is 34.1 Å². The molecule has 0 radical (unpaired) electrons. The average molecular weight is 284 g/mol. The number of nitrogens with one attached hydrogen (secondary N) is 1. The zero-order chi connectivity index (χ0) is 15.1. The Labute approximate surface area is 127 Å². The van der Waals surface area contributed by atoms with E-state index in [2.05, 4.69) is 43.2 Å². The third-order valence-electron chi connectivity index (χ3n) is 3.41. The molecule has 0 atom stereocenters. The van der Waals surface area contributed by atoms with Crippen molar-refractivity contribution in [2.75, 3.05) is 6.54 Å². The van der Waals surface area contributed by atoms with Crippen LogP contribution in [0.15, 0.2) is 36.7 Å². The van der Waals surface area contributed by atoms with Crippen molar-refractivity contribution in [2.45, 2.75) is 40.3 Å². The quantitative estimate of drug-likeness (QED) is 0.786. The maximum Gasteiger partial charge on any atom is 0.125 e.